The molecular weight excluding hydrogens is 362 g/mol. The highest BCUT2D eigenvalue weighted by molar-refractivity contribution is 5.74. The number of rotatable bonds is 8. The Morgan fingerprint density at radius 2 is 1.93 bits per heavy atom. The Kier molecular flexibility index (Phi) is 7.63. The van der Waals surface area contributed by atoms with Crippen molar-refractivity contribution in [3.63, 3.8) is 0 Å². The predicted molar refractivity (Wildman–Crippen MR) is 93.2 cm³/mol. The molecule has 0 aromatic heterocycles. The second-order valence-electron chi connectivity index (χ2n) is 6.40. The second kappa shape index (κ2) is 9.94. The van der Waals surface area contributed by atoms with Crippen LogP contribution in [0.15, 0.2) is 18.2 Å². The summed E-state index contributed by atoms with van der Waals surface area (Å²) in [6.45, 7) is -2.63. The summed E-state index contributed by atoms with van der Waals surface area (Å²) in [4.78, 5) is 22.9. The number of benzene rings is 1. The van der Waals surface area contributed by atoms with Crippen molar-refractivity contribution in [2.24, 2.45) is 5.92 Å². The van der Waals surface area contributed by atoms with Crippen molar-refractivity contribution in [1.29, 1.82) is 0 Å². The van der Waals surface area contributed by atoms with E-state index in [2.05, 4.69) is 15.4 Å². The van der Waals surface area contributed by atoms with Gasteiger partial charge in [0.1, 0.15) is 0 Å². The monoisotopic (exact) mass is 386 g/mol. The summed E-state index contributed by atoms with van der Waals surface area (Å²) in [5.41, 5.74) is 0.716. The zero-order valence-electron chi connectivity index (χ0n) is 15.0. The number of methoxy groups -OCH3 is 1. The van der Waals surface area contributed by atoms with Gasteiger partial charge in [-0.1, -0.05) is 6.07 Å². The number of carbonyl (C=O) groups excluding carboxylic acids is 1. The lowest BCUT2D eigenvalue weighted by atomic mass is 9.86. The van der Waals surface area contributed by atoms with Crippen LogP contribution in [0.25, 0.3) is 0 Å². The van der Waals surface area contributed by atoms with E-state index in [-0.39, 0.29) is 29.5 Å². The van der Waals surface area contributed by atoms with Gasteiger partial charge in [-0.15, -0.1) is 0 Å². The van der Waals surface area contributed by atoms with Crippen LogP contribution in [0, 0.1) is 5.92 Å². The number of carboxylic acid groups (broad SMARTS) is 1. The van der Waals surface area contributed by atoms with Crippen LogP contribution in [0.4, 0.5) is 13.6 Å². The molecule has 2 rings (SSSR count). The third-order valence-corrected chi connectivity index (χ3v) is 4.55. The minimum Gasteiger partial charge on any atom is -0.493 e. The number of amides is 2. The van der Waals surface area contributed by atoms with Gasteiger partial charge < -0.3 is 25.2 Å². The molecule has 0 heterocycles. The number of aliphatic carboxylic acids is 1. The summed E-state index contributed by atoms with van der Waals surface area (Å²) in [6, 6.07) is 4.34. The average Bonchev–Trinajstić information content (AvgIpc) is 2.62. The van der Waals surface area contributed by atoms with Crippen molar-refractivity contribution in [2.75, 3.05) is 13.7 Å². The molecule has 1 aromatic carbocycles. The number of hydrogen-bond donors (Lipinski definition) is 3. The molecule has 0 saturated heterocycles. The van der Waals surface area contributed by atoms with E-state index in [1.807, 2.05) is 0 Å². The highest BCUT2D eigenvalue weighted by Gasteiger charge is 2.26. The highest BCUT2D eigenvalue weighted by Crippen LogP contribution is 2.29. The number of alkyl halides is 2. The van der Waals surface area contributed by atoms with Crippen molar-refractivity contribution >= 4 is 12.0 Å². The Bertz CT molecular complexity index is 649. The molecule has 0 radical (unpaired) electrons. The standard InChI is InChI=1S/C18H24F2N2O5/c1-26-14-7-2-11(10-15(14)27-17(19)20)8-9-21-18(25)22-13-5-3-12(4-6-13)16(23)24/h2,7,10,12-13,17H,3-6,8-9H2,1H3,(H,23,24)(H2,21,22,25). The molecule has 0 bridgehead atoms. The van der Waals surface area contributed by atoms with Gasteiger partial charge >= 0.3 is 18.6 Å². The lowest BCUT2D eigenvalue weighted by Crippen LogP contribution is -2.44. The minimum absolute atomic E-state index is 0.0346. The maximum Gasteiger partial charge on any atom is 0.387 e. The van der Waals surface area contributed by atoms with Crippen LogP contribution in [0.3, 0.4) is 0 Å². The van der Waals surface area contributed by atoms with Crippen LogP contribution < -0.4 is 20.1 Å². The van der Waals surface area contributed by atoms with E-state index < -0.39 is 12.6 Å². The maximum atomic E-state index is 12.4. The van der Waals surface area contributed by atoms with Crippen LogP contribution >= 0.6 is 0 Å². The number of hydrogen-bond acceptors (Lipinski definition) is 4. The Morgan fingerprint density at radius 1 is 1.22 bits per heavy atom. The van der Waals surface area contributed by atoms with Crippen molar-refractivity contribution in [3.05, 3.63) is 23.8 Å². The molecule has 1 fully saturated rings. The van der Waals surface area contributed by atoms with E-state index in [4.69, 9.17) is 9.84 Å². The molecule has 0 spiro atoms. The van der Waals surface area contributed by atoms with Crippen molar-refractivity contribution < 1.29 is 33.0 Å². The van der Waals surface area contributed by atoms with Gasteiger partial charge in [0.2, 0.25) is 0 Å². The van der Waals surface area contributed by atoms with Gasteiger partial charge in [0.15, 0.2) is 11.5 Å². The Balaban J connectivity index is 1.75. The smallest absolute Gasteiger partial charge is 0.387 e. The topological polar surface area (TPSA) is 96.9 Å². The molecule has 27 heavy (non-hydrogen) atoms. The number of urea groups is 1. The van der Waals surface area contributed by atoms with E-state index in [0.29, 0.717) is 44.2 Å². The normalized spacial score (nSPS) is 19.4. The summed E-state index contributed by atoms with van der Waals surface area (Å²) >= 11 is 0. The fourth-order valence-electron chi connectivity index (χ4n) is 3.11. The first-order valence-corrected chi connectivity index (χ1v) is 8.78. The van der Waals surface area contributed by atoms with E-state index in [9.17, 15) is 18.4 Å². The molecular formula is C18H24F2N2O5. The Labute approximate surface area is 156 Å². The molecule has 1 saturated carbocycles. The molecule has 9 heteroatoms. The minimum atomic E-state index is -2.95. The molecule has 150 valence electrons. The fourth-order valence-corrected chi connectivity index (χ4v) is 3.11. The van der Waals surface area contributed by atoms with Crippen LogP contribution in [-0.2, 0) is 11.2 Å². The molecule has 1 aliphatic carbocycles. The highest BCUT2D eigenvalue weighted by atomic mass is 19.3. The summed E-state index contributed by atoms with van der Waals surface area (Å²) in [5.74, 6) is -0.954. The molecule has 0 aliphatic heterocycles. The molecule has 3 N–H and O–H groups in total. The number of carbonyl (C=O) groups is 2. The van der Waals surface area contributed by atoms with Gasteiger partial charge in [-0.25, -0.2) is 4.79 Å². The SMILES string of the molecule is COc1ccc(CCNC(=O)NC2CCC(C(=O)O)CC2)cc1OC(F)F. The van der Waals surface area contributed by atoms with E-state index >= 15 is 0 Å². The number of nitrogens with one attached hydrogen (secondary N) is 2. The summed E-state index contributed by atoms with van der Waals surface area (Å²) in [5, 5.41) is 14.5. The molecule has 2 amide bonds. The van der Waals surface area contributed by atoms with Gasteiger partial charge in [0.05, 0.1) is 13.0 Å². The van der Waals surface area contributed by atoms with Gasteiger partial charge in [0.25, 0.3) is 0 Å². The first-order valence-electron chi connectivity index (χ1n) is 8.78. The molecule has 0 atom stereocenters. The Morgan fingerprint density at radius 3 is 2.52 bits per heavy atom. The van der Waals surface area contributed by atoms with Crippen molar-refractivity contribution in [1.82, 2.24) is 10.6 Å². The number of carboxylic acids is 1. The lowest BCUT2D eigenvalue weighted by Gasteiger charge is -2.26. The fraction of sp³-hybridized carbons (Fsp3) is 0.556. The lowest BCUT2D eigenvalue weighted by molar-refractivity contribution is -0.142. The van der Waals surface area contributed by atoms with Gasteiger partial charge in [-0.2, -0.15) is 8.78 Å². The largest absolute Gasteiger partial charge is 0.493 e. The van der Waals surface area contributed by atoms with Crippen LogP contribution in [0.2, 0.25) is 0 Å². The van der Waals surface area contributed by atoms with Gasteiger partial charge in [-0.3, -0.25) is 4.79 Å². The van der Waals surface area contributed by atoms with Gasteiger partial charge in [0, 0.05) is 12.6 Å². The van der Waals surface area contributed by atoms with Crippen molar-refractivity contribution in [3.8, 4) is 11.5 Å². The number of ether oxygens (including phenoxy) is 2. The molecule has 1 aliphatic rings. The predicted octanol–water partition coefficient (Wildman–Crippen LogP) is 2.78. The third-order valence-electron chi connectivity index (χ3n) is 4.55. The van der Waals surface area contributed by atoms with Crippen LogP contribution in [0.1, 0.15) is 31.2 Å². The second-order valence-corrected chi connectivity index (χ2v) is 6.40. The third kappa shape index (κ3) is 6.58. The quantitative estimate of drug-likeness (QED) is 0.638. The molecule has 7 nitrogen and oxygen atoms in total. The maximum absolute atomic E-state index is 12.4. The zero-order valence-corrected chi connectivity index (χ0v) is 15.0. The van der Waals surface area contributed by atoms with Gasteiger partial charge in [-0.05, 0) is 49.8 Å². The average molecular weight is 386 g/mol. The van der Waals surface area contributed by atoms with Crippen LogP contribution in [-0.4, -0.2) is 43.4 Å². The summed E-state index contributed by atoms with van der Waals surface area (Å²) in [7, 11) is 1.36. The summed E-state index contributed by atoms with van der Waals surface area (Å²) in [6.07, 6.45) is 2.81. The van der Waals surface area contributed by atoms with E-state index in [1.54, 1.807) is 6.07 Å². The zero-order chi connectivity index (χ0) is 19.8. The summed E-state index contributed by atoms with van der Waals surface area (Å²) < 4.78 is 34.3. The van der Waals surface area contributed by atoms with E-state index in [1.165, 1.54) is 19.2 Å². The van der Waals surface area contributed by atoms with Crippen LogP contribution in [0.5, 0.6) is 11.5 Å². The van der Waals surface area contributed by atoms with E-state index in [0.717, 1.165) is 0 Å². The molecule has 0 unspecified atom stereocenters. The Hall–Kier alpha value is -2.58. The first kappa shape index (κ1) is 20.7. The van der Waals surface area contributed by atoms with Crippen molar-refractivity contribution in [2.45, 2.75) is 44.8 Å². The first-order chi connectivity index (χ1) is 12.9. The molecule has 1 aromatic rings. The number of halogens is 2.